The largest absolute Gasteiger partial charge is 0.432 e. The molecule has 4 heteroatoms. The lowest BCUT2D eigenvalue weighted by Gasteiger charge is -2.70. The zero-order valence-corrected chi connectivity index (χ0v) is 18.7. The lowest BCUT2D eigenvalue weighted by atomic mass is 9.34. The predicted octanol–water partition coefficient (Wildman–Crippen LogP) is 4.44. The van der Waals surface area contributed by atoms with Crippen LogP contribution in [0.5, 0.6) is 0 Å². The molecule has 162 valence electrons. The van der Waals surface area contributed by atoms with E-state index in [1.807, 2.05) is 6.08 Å². The maximum absolute atomic E-state index is 12.3. The lowest BCUT2D eigenvalue weighted by molar-refractivity contribution is -0.247. The molecule has 1 heterocycles. The number of aliphatic hydroxyl groups excluding tert-OH is 2. The van der Waals surface area contributed by atoms with Crippen LogP contribution in [-0.4, -0.2) is 28.6 Å². The topological polar surface area (TPSA) is 66.8 Å². The summed E-state index contributed by atoms with van der Waals surface area (Å²) in [5.41, 5.74) is 0.799. The van der Waals surface area contributed by atoms with E-state index in [4.69, 9.17) is 4.74 Å². The van der Waals surface area contributed by atoms with E-state index in [0.717, 1.165) is 12.8 Å². The van der Waals surface area contributed by atoms with Crippen molar-refractivity contribution in [3.63, 3.8) is 0 Å². The van der Waals surface area contributed by atoms with Gasteiger partial charge < -0.3 is 14.9 Å². The van der Waals surface area contributed by atoms with Gasteiger partial charge in [-0.05, 0) is 72.5 Å². The van der Waals surface area contributed by atoms with Crippen molar-refractivity contribution < 1.29 is 19.7 Å². The first-order chi connectivity index (χ1) is 13.5. The summed E-state index contributed by atoms with van der Waals surface area (Å²) in [5.74, 6) is 0.632. The molecule has 29 heavy (non-hydrogen) atoms. The minimum atomic E-state index is -1.13. The van der Waals surface area contributed by atoms with Gasteiger partial charge in [0.15, 0.2) is 0 Å². The Morgan fingerprint density at radius 3 is 2.38 bits per heavy atom. The summed E-state index contributed by atoms with van der Waals surface area (Å²) in [7, 11) is 0. The second-order valence-corrected chi connectivity index (χ2v) is 12.3. The molecule has 5 aliphatic rings. The average molecular weight is 403 g/mol. The van der Waals surface area contributed by atoms with Crippen molar-refractivity contribution in [1.29, 1.82) is 0 Å². The second kappa shape index (κ2) is 5.88. The first kappa shape index (κ1) is 20.1. The Hall–Kier alpha value is -0.870. The number of allylic oxidation sites excluding steroid dienone is 1. The maximum atomic E-state index is 12.3. The van der Waals surface area contributed by atoms with Crippen LogP contribution >= 0.6 is 0 Å². The van der Waals surface area contributed by atoms with Crippen molar-refractivity contribution in [3.8, 4) is 0 Å². The number of fused-ring (bicyclic) bond motifs is 7. The molecule has 5 rings (SSSR count). The number of hydrogen-bond donors (Lipinski definition) is 2. The lowest BCUT2D eigenvalue weighted by Crippen LogP contribution is -2.66. The zero-order chi connectivity index (χ0) is 21.0. The van der Waals surface area contributed by atoms with Gasteiger partial charge in [-0.1, -0.05) is 47.1 Å². The Kier molecular flexibility index (Phi) is 4.07. The van der Waals surface area contributed by atoms with Crippen LogP contribution in [0.25, 0.3) is 0 Å². The van der Waals surface area contributed by atoms with E-state index in [1.165, 1.54) is 32.1 Å². The molecule has 1 aliphatic heterocycles. The SMILES string of the molecule is CC1(C)CCC[C@]2(C)[C@H]3C[C@@H](O)[C@]4(C)[C@@H]5C(=CC[C@H]4[C@]3(C)CC[C@@H]12)C(=O)O[C@@H]5O. The van der Waals surface area contributed by atoms with Crippen molar-refractivity contribution in [3.05, 3.63) is 11.6 Å². The molecule has 0 aromatic carbocycles. The summed E-state index contributed by atoms with van der Waals surface area (Å²) in [4.78, 5) is 12.3. The molecule has 0 aromatic heterocycles. The molecule has 1 saturated heterocycles. The Bertz CT molecular complexity index is 771. The van der Waals surface area contributed by atoms with Gasteiger partial charge in [-0.3, -0.25) is 0 Å². The monoisotopic (exact) mass is 402 g/mol. The van der Waals surface area contributed by atoms with Crippen LogP contribution in [0.4, 0.5) is 0 Å². The summed E-state index contributed by atoms with van der Waals surface area (Å²) in [6, 6.07) is 0. The fourth-order valence-electron chi connectivity index (χ4n) is 9.63. The molecule has 0 unspecified atom stereocenters. The molecule has 0 amide bonds. The van der Waals surface area contributed by atoms with Crippen molar-refractivity contribution in [1.82, 2.24) is 0 Å². The van der Waals surface area contributed by atoms with Gasteiger partial charge in [0.05, 0.1) is 12.0 Å². The van der Waals surface area contributed by atoms with E-state index in [0.29, 0.717) is 22.8 Å². The van der Waals surface area contributed by atoms with Crippen molar-refractivity contribution in [2.45, 2.75) is 92.0 Å². The fraction of sp³-hybridized carbons (Fsp3) is 0.880. The molecule has 0 aromatic rings. The Morgan fingerprint density at radius 1 is 0.966 bits per heavy atom. The normalized spacial score (nSPS) is 55.7. The van der Waals surface area contributed by atoms with Crippen LogP contribution < -0.4 is 0 Å². The molecule has 4 aliphatic carbocycles. The molecule has 4 nitrogen and oxygen atoms in total. The highest BCUT2D eigenvalue weighted by molar-refractivity contribution is 5.91. The van der Waals surface area contributed by atoms with Crippen molar-refractivity contribution in [2.75, 3.05) is 0 Å². The summed E-state index contributed by atoms with van der Waals surface area (Å²) in [5, 5.41) is 22.2. The molecular weight excluding hydrogens is 364 g/mol. The summed E-state index contributed by atoms with van der Waals surface area (Å²) >= 11 is 0. The second-order valence-electron chi connectivity index (χ2n) is 12.3. The minimum absolute atomic E-state index is 0.111. The van der Waals surface area contributed by atoms with E-state index >= 15 is 0 Å². The van der Waals surface area contributed by atoms with Crippen LogP contribution in [0.1, 0.15) is 79.6 Å². The summed E-state index contributed by atoms with van der Waals surface area (Å²) in [6.45, 7) is 12.0. The summed E-state index contributed by atoms with van der Waals surface area (Å²) in [6.07, 6.45) is 8.21. The number of hydrogen-bond acceptors (Lipinski definition) is 4. The molecular formula is C25H38O4. The van der Waals surface area contributed by atoms with E-state index < -0.39 is 29.7 Å². The average Bonchev–Trinajstić information content (AvgIpc) is 2.91. The van der Waals surface area contributed by atoms with Gasteiger partial charge >= 0.3 is 5.97 Å². The number of carbonyl (C=O) groups is 1. The van der Waals surface area contributed by atoms with E-state index in [-0.39, 0.29) is 16.7 Å². The molecule has 4 fully saturated rings. The first-order valence-electron chi connectivity index (χ1n) is 11.7. The third-order valence-corrected chi connectivity index (χ3v) is 10.9. The quantitative estimate of drug-likeness (QED) is 0.588. The van der Waals surface area contributed by atoms with Crippen LogP contribution in [0, 0.1) is 45.3 Å². The number of rotatable bonds is 0. The van der Waals surface area contributed by atoms with E-state index in [1.54, 1.807) is 0 Å². The van der Waals surface area contributed by atoms with Crippen molar-refractivity contribution in [2.24, 2.45) is 45.3 Å². The van der Waals surface area contributed by atoms with Gasteiger partial charge in [-0.2, -0.15) is 0 Å². The van der Waals surface area contributed by atoms with Gasteiger partial charge in [-0.25, -0.2) is 4.79 Å². The van der Waals surface area contributed by atoms with Crippen molar-refractivity contribution >= 4 is 5.97 Å². The number of cyclic esters (lactones) is 1. The predicted molar refractivity (Wildman–Crippen MR) is 111 cm³/mol. The van der Waals surface area contributed by atoms with Gasteiger partial charge in [-0.15, -0.1) is 0 Å². The van der Waals surface area contributed by atoms with E-state index in [2.05, 4.69) is 34.6 Å². The molecule has 0 spiro atoms. The van der Waals surface area contributed by atoms with Crippen LogP contribution in [-0.2, 0) is 9.53 Å². The fourth-order valence-corrected chi connectivity index (χ4v) is 9.63. The Balaban J connectivity index is 1.60. The molecule has 0 radical (unpaired) electrons. The smallest absolute Gasteiger partial charge is 0.336 e. The summed E-state index contributed by atoms with van der Waals surface area (Å²) < 4.78 is 5.21. The number of ether oxygens (including phenoxy) is 1. The number of carbonyl (C=O) groups excluding carboxylic acids is 1. The van der Waals surface area contributed by atoms with Gasteiger partial charge in [0.25, 0.3) is 0 Å². The number of esters is 1. The van der Waals surface area contributed by atoms with Crippen LogP contribution in [0.2, 0.25) is 0 Å². The third kappa shape index (κ3) is 2.31. The Morgan fingerprint density at radius 2 is 1.66 bits per heavy atom. The molecule has 3 saturated carbocycles. The van der Waals surface area contributed by atoms with Crippen LogP contribution in [0.15, 0.2) is 11.6 Å². The highest BCUT2D eigenvalue weighted by Crippen LogP contribution is 2.73. The first-order valence-corrected chi connectivity index (χ1v) is 11.7. The number of aliphatic hydroxyl groups is 2. The molecule has 9 atom stereocenters. The third-order valence-electron chi connectivity index (χ3n) is 10.9. The molecule has 2 N–H and O–H groups in total. The van der Waals surface area contributed by atoms with Gasteiger partial charge in [0, 0.05) is 11.0 Å². The molecule has 0 bridgehead atoms. The minimum Gasteiger partial charge on any atom is -0.432 e. The zero-order valence-electron chi connectivity index (χ0n) is 18.7. The van der Waals surface area contributed by atoms with Gasteiger partial charge in [0.1, 0.15) is 0 Å². The van der Waals surface area contributed by atoms with Gasteiger partial charge in [0.2, 0.25) is 6.29 Å². The maximum Gasteiger partial charge on any atom is 0.336 e. The standard InChI is InChI=1S/C25H38O4/c1-22(2)10-6-11-23(3)15(22)9-12-24(4)16-8-7-14-19(21(28)29-20(14)27)25(16,5)18(26)13-17(23)24/h7,15-19,21,26,28H,6,8-13H2,1-5H3/t15-,16-,17+,18+,19+,21-,23-,24-,25+/m0/s1. The highest BCUT2D eigenvalue weighted by atomic mass is 16.6. The van der Waals surface area contributed by atoms with Crippen LogP contribution in [0.3, 0.4) is 0 Å². The van der Waals surface area contributed by atoms with E-state index in [9.17, 15) is 15.0 Å². The highest BCUT2D eigenvalue weighted by Gasteiger charge is 2.70. The Labute approximate surface area is 175 Å².